The Balaban J connectivity index is 1.39. The first-order valence-corrected chi connectivity index (χ1v) is 13.3. The number of hydrogen-bond donors (Lipinski definition) is 1. The number of fused-ring (bicyclic) bond motifs is 3. The Bertz CT molecular complexity index is 1600. The third-order valence-electron chi connectivity index (χ3n) is 8.12. The van der Waals surface area contributed by atoms with E-state index in [9.17, 15) is 14.7 Å². The second-order valence-corrected chi connectivity index (χ2v) is 10.5. The number of amides is 1. The van der Waals surface area contributed by atoms with E-state index in [1.807, 2.05) is 44.3 Å². The van der Waals surface area contributed by atoms with Gasteiger partial charge < -0.3 is 19.1 Å². The third kappa shape index (κ3) is 4.00. The summed E-state index contributed by atoms with van der Waals surface area (Å²) in [7, 11) is 3.63. The van der Waals surface area contributed by atoms with E-state index in [0.717, 1.165) is 53.3 Å². The molecule has 0 fully saturated rings. The van der Waals surface area contributed by atoms with Gasteiger partial charge in [-0.05, 0) is 73.6 Å². The number of carbonyl (C=O) groups excluding carboxylic acids is 1. The van der Waals surface area contributed by atoms with Crippen LogP contribution in [0.4, 0.5) is 5.69 Å². The van der Waals surface area contributed by atoms with Gasteiger partial charge in [-0.25, -0.2) is 0 Å². The molecule has 38 heavy (non-hydrogen) atoms. The Kier molecular flexibility index (Phi) is 6.07. The zero-order chi connectivity index (χ0) is 26.6. The van der Waals surface area contributed by atoms with Crippen LogP contribution in [0.2, 0.25) is 0 Å². The summed E-state index contributed by atoms with van der Waals surface area (Å²) in [6.07, 6.45) is 6.63. The molecule has 6 rings (SSSR count). The number of aromatic nitrogens is 4. The maximum Gasteiger partial charge on any atom is 0.274 e. The van der Waals surface area contributed by atoms with E-state index in [4.69, 9.17) is 0 Å². The van der Waals surface area contributed by atoms with Gasteiger partial charge in [0.1, 0.15) is 5.69 Å². The second-order valence-electron chi connectivity index (χ2n) is 10.5. The monoisotopic (exact) mass is 511 g/mol. The first-order valence-electron chi connectivity index (χ1n) is 13.3. The van der Waals surface area contributed by atoms with Crippen molar-refractivity contribution in [3.63, 3.8) is 0 Å². The summed E-state index contributed by atoms with van der Waals surface area (Å²) in [6.45, 7) is 3.07. The van der Waals surface area contributed by atoms with Crippen molar-refractivity contribution in [1.82, 2.24) is 18.9 Å². The zero-order valence-corrected chi connectivity index (χ0v) is 22.2. The number of carbonyl (C=O) groups is 1. The number of aryl methyl sites for hydroxylation is 4. The van der Waals surface area contributed by atoms with Gasteiger partial charge >= 0.3 is 0 Å². The molecular weight excluding hydrogens is 478 g/mol. The highest BCUT2D eigenvalue weighted by molar-refractivity contribution is 6.07. The number of aliphatic hydroxyl groups is 1. The predicted molar refractivity (Wildman–Crippen MR) is 147 cm³/mol. The molecule has 4 aromatic rings. The Labute approximate surface area is 221 Å². The molecule has 2 aliphatic rings. The van der Waals surface area contributed by atoms with E-state index >= 15 is 0 Å². The molecule has 1 aliphatic heterocycles. The van der Waals surface area contributed by atoms with E-state index in [1.54, 1.807) is 27.4 Å². The van der Waals surface area contributed by atoms with Crippen molar-refractivity contribution in [2.24, 2.45) is 14.1 Å². The van der Waals surface area contributed by atoms with E-state index in [1.165, 1.54) is 24.1 Å². The summed E-state index contributed by atoms with van der Waals surface area (Å²) in [5.41, 5.74) is 8.82. The largest absolute Gasteiger partial charge is 0.392 e. The molecule has 196 valence electrons. The highest BCUT2D eigenvalue weighted by Crippen LogP contribution is 2.35. The van der Waals surface area contributed by atoms with Gasteiger partial charge in [0.2, 0.25) is 0 Å². The molecule has 0 unspecified atom stereocenters. The Hall–Kier alpha value is -3.91. The van der Waals surface area contributed by atoms with Gasteiger partial charge in [0, 0.05) is 62.3 Å². The molecule has 1 amide bonds. The number of hydrogen-bond acceptors (Lipinski definition) is 4. The molecular formula is C30H33N5O3. The lowest BCUT2D eigenvalue weighted by Gasteiger charge is -2.31. The van der Waals surface area contributed by atoms with E-state index < -0.39 is 0 Å². The van der Waals surface area contributed by atoms with Crippen molar-refractivity contribution >= 4 is 11.6 Å². The third-order valence-corrected chi connectivity index (χ3v) is 8.12. The van der Waals surface area contributed by atoms with Crippen molar-refractivity contribution < 1.29 is 9.90 Å². The summed E-state index contributed by atoms with van der Waals surface area (Å²) in [5.74, 6) is -0.0239. The van der Waals surface area contributed by atoms with Gasteiger partial charge in [-0.1, -0.05) is 12.1 Å². The van der Waals surface area contributed by atoms with Crippen molar-refractivity contribution in [3.05, 3.63) is 92.4 Å². The van der Waals surface area contributed by atoms with Crippen LogP contribution in [0.1, 0.15) is 57.1 Å². The Morgan fingerprint density at radius 1 is 1.03 bits per heavy atom. The average molecular weight is 512 g/mol. The number of pyridine rings is 1. The topological polar surface area (TPSA) is 85.3 Å². The Morgan fingerprint density at radius 3 is 2.61 bits per heavy atom. The molecule has 1 aliphatic carbocycles. The first-order chi connectivity index (χ1) is 18.4. The quantitative estimate of drug-likeness (QED) is 0.444. The molecule has 0 saturated carbocycles. The molecule has 0 atom stereocenters. The minimum absolute atomic E-state index is 0.0239. The lowest BCUT2D eigenvalue weighted by atomic mass is 9.97. The fraction of sp³-hybridized carbons (Fsp3) is 0.367. The Morgan fingerprint density at radius 2 is 1.84 bits per heavy atom. The molecule has 3 aromatic heterocycles. The van der Waals surface area contributed by atoms with Crippen molar-refractivity contribution in [2.45, 2.75) is 52.2 Å². The fourth-order valence-corrected chi connectivity index (χ4v) is 6.10. The average Bonchev–Trinajstić information content (AvgIpc) is 3.45. The van der Waals surface area contributed by atoms with Gasteiger partial charge in [0.25, 0.3) is 11.5 Å². The zero-order valence-electron chi connectivity index (χ0n) is 22.2. The summed E-state index contributed by atoms with van der Waals surface area (Å²) < 4.78 is 5.59. The first kappa shape index (κ1) is 24.4. The van der Waals surface area contributed by atoms with Crippen LogP contribution in [-0.2, 0) is 46.5 Å². The highest BCUT2D eigenvalue weighted by Gasteiger charge is 2.31. The minimum atomic E-state index is -0.218. The highest BCUT2D eigenvalue weighted by atomic mass is 16.3. The van der Waals surface area contributed by atoms with E-state index in [-0.39, 0.29) is 18.1 Å². The van der Waals surface area contributed by atoms with E-state index in [2.05, 4.69) is 15.7 Å². The molecule has 1 aromatic carbocycles. The van der Waals surface area contributed by atoms with E-state index in [0.29, 0.717) is 24.1 Å². The van der Waals surface area contributed by atoms with Crippen LogP contribution in [0.3, 0.4) is 0 Å². The van der Waals surface area contributed by atoms with Gasteiger partial charge in [-0.3, -0.25) is 14.3 Å². The van der Waals surface area contributed by atoms with Crippen LogP contribution in [0.25, 0.3) is 11.1 Å². The van der Waals surface area contributed by atoms with Gasteiger partial charge in [-0.15, -0.1) is 0 Å². The summed E-state index contributed by atoms with van der Waals surface area (Å²) in [4.78, 5) is 28.5. The maximum atomic E-state index is 13.7. The number of nitrogens with zero attached hydrogens (tertiary/aromatic N) is 5. The number of benzene rings is 1. The van der Waals surface area contributed by atoms with Gasteiger partial charge in [-0.2, -0.15) is 5.10 Å². The van der Waals surface area contributed by atoms with Crippen LogP contribution >= 0.6 is 0 Å². The SMILES string of the molecule is Cc1cc(Cc2cc(-c3cccc(N4CCn5c(cc6c5CCCC6)C4=O)c3CO)cn(C)c2=O)nn1C. The minimum Gasteiger partial charge on any atom is -0.392 e. The summed E-state index contributed by atoms with van der Waals surface area (Å²) in [6, 6.07) is 11.7. The van der Waals surface area contributed by atoms with Crippen LogP contribution in [0, 0.1) is 6.92 Å². The molecule has 0 saturated heterocycles. The predicted octanol–water partition coefficient (Wildman–Crippen LogP) is 3.52. The molecule has 0 bridgehead atoms. The van der Waals surface area contributed by atoms with Crippen molar-refractivity contribution in [1.29, 1.82) is 0 Å². The van der Waals surface area contributed by atoms with Crippen LogP contribution < -0.4 is 10.5 Å². The second kappa shape index (κ2) is 9.44. The van der Waals surface area contributed by atoms with Crippen LogP contribution in [0.5, 0.6) is 0 Å². The molecule has 8 heteroatoms. The lowest BCUT2D eigenvalue weighted by Crippen LogP contribution is -2.41. The summed E-state index contributed by atoms with van der Waals surface area (Å²) in [5, 5.41) is 15.1. The molecule has 1 N–H and O–H groups in total. The molecule has 8 nitrogen and oxygen atoms in total. The van der Waals surface area contributed by atoms with Crippen molar-refractivity contribution in [3.8, 4) is 11.1 Å². The number of aliphatic hydroxyl groups excluding tert-OH is 1. The maximum absolute atomic E-state index is 13.7. The van der Waals surface area contributed by atoms with Crippen LogP contribution in [0.15, 0.2) is 47.4 Å². The van der Waals surface area contributed by atoms with Gasteiger partial charge in [0.15, 0.2) is 0 Å². The van der Waals surface area contributed by atoms with Crippen molar-refractivity contribution in [2.75, 3.05) is 11.4 Å². The van der Waals surface area contributed by atoms with Crippen LogP contribution in [-0.4, -0.2) is 36.5 Å². The molecule has 0 spiro atoms. The molecule has 0 radical (unpaired) electrons. The van der Waals surface area contributed by atoms with Gasteiger partial charge in [0.05, 0.1) is 18.0 Å². The lowest BCUT2D eigenvalue weighted by molar-refractivity contribution is 0.0964. The fourth-order valence-electron chi connectivity index (χ4n) is 6.10. The number of rotatable bonds is 5. The number of anilines is 1. The standard InChI is InChI=1S/C30H33N5O3/c1-19-13-23(31-33(19)3)15-21-14-22(17-32(2)29(21)37)24-8-6-10-27(25(24)18-36)35-12-11-34-26-9-5-4-7-20(26)16-28(34)30(35)38/h6,8,10,13-14,16-17,36H,4-5,7,9,11-12,15,18H2,1-3H3. The smallest absolute Gasteiger partial charge is 0.274 e. The summed E-state index contributed by atoms with van der Waals surface area (Å²) >= 11 is 0. The normalized spacial score (nSPS) is 15.1. The molecule has 4 heterocycles.